The van der Waals surface area contributed by atoms with Crippen LogP contribution in [0, 0.1) is 0 Å². The fourth-order valence-corrected chi connectivity index (χ4v) is 24.6. The number of aromatic nitrogens is 13. The number of rotatable bonds is 7. The molecule has 13 heterocycles. The van der Waals surface area contributed by atoms with E-state index in [0.29, 0.717) is 11.8 Å². The highest BCUT2D eigenvalue weighted by molar-refractivity contribution is 6.38. The molecule has 0 atom stereocenters. The quantitative estimate of drug-likeness (QED) is 0.157. The minimum atomic E-state index is 0.657. The van der Waals surface area contributed by atoms with Crippen molar-refractivity contribution in [1.82, 2.24) is 61.4 Å². The van der Waals surface area contributed by atoms with E-state index in [9.17, 15) is 0 Å². The van der Waals surface area contributed by atoms with Gasteiger partial charge >= 0.3 is 0 Å². The molecule has 660 valence electrons. The van der Waals surface area contributed by atoms with Crippen molar-refractivity contribution in [3.05, 3.63) is 455 Å². The van der Waals surface area contributed by atoms with Gasteiger partial charge in [0.25, 0.3) is 0 Å². The van der Waals surface area contributed by atoms with Crippen LogP contribution in [-0.4, -0.2) is 61.4 Å². The van der Waals surface area contributed by atoms with E-state index in [0.717, 1.165) is 106 Å². The lowest BCUT2D eigenvalue weighted by Gasteiger charge is -2.14. The minimum Gasteiger partial charge on any atom is -0.308 e. The van der Waals surface area contributed by atoms with Crippen molar-refractivity contribution in [1.29, 1.82) is 0 Å². The van der Waals surface area contributed by atoms with Crippen molar-refractivity contribution in [2.75, 3.05) is 0 Å². The summed E-state index contributed by atoms with van der Waals surface area (Å²) in [5.74, 6) is 4.74. The summed E-state index contributed by atoms with van der Waals surface area (Å²) in [6, 6.07) is 163. The Morgan fingerprint density at radius 1 is 0.147 bits per heavy atom. The van der Waals surface area contributed by atoms with Gasteiger partial charge in [-0.2, -0.15) is 4.98 Å². The van der Waals surface area contributed by atoms with Crippen LogP contribution in [0.1, 0.15) is 0 Å². The van der Waals surface area contributed by atoms with E-state index in [1.165, 1.54) is 185 Å². The van der Waals surface area contributed by atoms with E-state index in [4.69, 9.17) is 29.9 Å². The molecule has 0 aliphatic rings. The maximum absolute atomic E-state index is 5.57. The Bertz CT molecular complexity index is 11400. The smallest absolute Gasteiger partial charge is 0.237 e. The van der Waals surface area contributed by atoms with Gasteiger partial charge in [0.2, 0.25) is 5.95 Å². The molecule has 0 aliphatic carbocycles. The van der Waals surface area contributed by atoms with E-state index in [1.807, 2.05) is 0 Å². The Morgan fingerprint density at radius 2 is 0.413 bits per heavy atom. The van der Waals surface area contributed by atoms with Gasteiger partial charge in [0, 0.05) is 135 Å². The lowest BCUT2D eigenvalue weighted by Crippen LogP contribution is -2.07. The van der Waals surface area contributed by atoms with Crippen LogP contribution in [0.25, 0.3) is 302 Å². The third-order valence-corrected chi connectivity index (χ3v) is 30.4. The zero-order valence-electron chi connectivity index (χ0n) is 76.6. The summed E-state index contributed by atoms with van der Waals surface area (Å²) in [6.45, 7) is 0. The molecule has 13 nitrogen and oxygen atoms in total. The lowest BCUT2D eigenvalue weighted by molar-refractivity contribution is 0.973. The molecule has 0 saturated carbocycles. The molecule has 0 saturated heterocycles. The first-order chi connectivity index (χ1) is 71.0. The molecule has 0 spiro atoms. The number of benzene rings is 21. The van der Waals surface area contributed by atoms with E-state index in [1.54, 1.807) is 0 Å². The molecule has 13 aromatic heterocycles. The molecular formula is C130H75N13. The van der Waals surface area contributed by atoms with E-state index in [2.05, 4.69) is 486 Å². The Labute approximate surface area is 813 Å². The highest BCUT2D eigenvalue weighted by Gasteiger charge is 2.32. The van der Waals surface area contributed by atoms with Gasteiger partial charge in [-0.15, -0.1) is 0 Å². The van der Waals surface area contributed by atoms with Gasteiger partial charge in [0.15, 0.2) is 17.5 Å². The molecule has 0 fully saturated rings. The number of fused-ring (bicyclic) bond motifs is 37. The Balaban J connectivity index is 0.0000000963. The van der Waals surface area contributed by atoms with Gasteiger partial charge in [-0.3, -0.25) is 18.3 Å². The molecule has 0 N–H and O–H groups in total. The van der Waals surface area contributed by atoms with Crippen LogP contribution in [-0.2, 0) is 0 Å². The van der Waals surface area contributed by atoms with E-state index >= 15 is 0 Å². The first-order valence-corrected chi connectivity index (χ1v) is 48.7. The normalized spacial score (nSPS) is 12.3. The molecule has 21 aromatic carbocycles. The van der Waals surface area contributed by atoms with Gasteiger partial charge in [0.1, 0.15) is 11.6 Å². The van der Waals surface area contributed by atoms with Gasteiger partial charge in [-0.25, -0.2) is 24.9 Å². The van der Waals surface area contributed by atoms with Crippen LogP contribution in [0.4, 0.5) is 0 Å². The molecule has 0 amide bonds. The molecule has 0 unspecified atom stereocenters. The topological polar surface area (TPSA) is 110 Å². The second-order valence-electron chi connectivity index (χ2n) is 37.8. The maximum atomic E-state index is 5.57. The van der Waals surface area contributed by atoms with Crippen LogP contribution in [0.15, 0.2) is 455 Å². The lowest BCUT2D eigenvalue weighted by atomic mass is 10.0. The maximum Gasteiger partial charge on any atom is 0.237 e. The Morgan fingerprint density at radius 3 is 0.825 bits per heavy atom. The first kappa shape index (κ1) is 77.6. The number of para-hydroxylation sites is 14. The van der Waals surface area contributed by atoms with Crippen molar-refractivity contribution < 1.29 is 0 Å². The predicted octanol–water partition coefficient (Wildman–Crippen LogP) is 32.9. The summed E-state index contributed by atoms with van der Waals surface area (Å²) in [7, 11) is 0. The summed E-state index contributed by atoms with van der Waals surface area (Å²) in [4.78, 5) is 32.1. The fourth-order valence-electron chi connectivity index (χ4n) is 24.6. The zero-order valence-corrected chi connectivity index (χ0v) is 76.6. The SMILES string of the molecule is c1ccc(-c2cccc(-c3nc(-n4c5ccccc5c5cc6c7ccccc7n7c8ccccc8c(c54)c67)c4ccccc4n3)c2)cc1.c1ccc2c(-c3nc(-n4c5ccccc5c5cc6c7ccccc7n7c8ccccc8c(c54)c67)c4ccccc4n3)cccc2c1.c1ccc2c(-n3c4ccccc4c4cc5c6ccccc6n6c7ccccc7c(c43)c56)nc(-n3c4ccccc4c4ccccc43)nc2c1. The summed E-state index contributed by atoms with van der Waals surface area (Å²) in [5, 5.41) is 30.2. The van der Waals surface area contributed by atoms with Crippen LogP contribution in [0.2, 0.25) is 0 Å². The second-order valence-corrected chi connectivity index (χ2v) is 37.8. The number of nitrogens with zero attached hydrogens (tertiary/aromatic N) is 13. The van der Waals surface area contributed by atoms with Crippen molar-refractivity contribution in [2.24, 2.45) is 0 Å². The van der Waals surface area contributed by atoms with Gasteiger partial charge in [0.05, 0.1) is 110 Å². The van der Waals surface area contributed by atoms with Crippen molar-refractivity contribution in [2.45, 2.75) is 0 Å². The fraction of sp³-hybridized carbons (Fsp3) is 0. The molecular weight excluding hydrogens is 1740 g/mol. The first-order valence-electron chi connectivity index (χ1n) is 48.7. The van der Waals surface area contributed by atoms with Gasteiger partial charge in [-0.05, 0) is 149 Å². The van der Waals surface area contributed by atoms with Crippen molar-refractivity contribution >= 4 is 245 Å². The highest BCUT2D eigenvalue weighted by Crippen LogP contribution is 2.53. The summed E-state index contributed by atoms with van der Waals surface area (Å²) < 4.78 is 16.8. The third kappa shape index (κ3) is 10.8. The predicted molar refractivity (Wildman–Crippen MR) is 594 cm³/mol. The second kappa shape index (κ2) is 29.5. The van der Waals surface area contributed by atoms with Crippen molar-refractivity contribution in [3.63, 3.8) is 0 Å². The number of hydrogen-bond donors (Lipinski definition) is 0. The van der Waals surface area contributed by atoms with Crippen LogP contribution >= 0.6 is 0 Å². The van der Waals surface area contributed by atoms with Crippen LogP contribution in [0.3, 0.4) is 0 Å². The van der Waals surface area contributed by atoms with Crippen LogP contribution in [0.5, 0.6) is 0 Å². The molecule has 0 bridgehead atoms. The Hall–Kier alpha value is -19.5. The average Bonchev–Trinajstić information content (AvgIpc) is 1.52. The van der Waals surface area contributed by atoms with E-state index < -0.39 is 0 Å². The molecule has 13 heteroatoms. The molecule has 34 rings (SSSR count). The minimum absolute atomic E-state index is 0.657. The monoisotopic (exact) mass is 1820 g/mol. The standard InChI is InChI=1S/C44H25N5.C44H26N4.C42H24N4/c1-7-19-34-30(17-1)43(46-44(45-34)48-36-21-9-2-13-26(36)27-14-3-10-22-37(27)48)49-38-23-11-5-16-29(38)33-25-32-28-15-4-8-20-35(28)47-39-24-12-6-18-31(39)40(41(32)47)42(33)49;1-2-13-27(14-3-1)28-15-12-16-29(25-28)43-45-36-21-8-4-19-32(36)44(46-43)48-38-23-10-6-18-31(38)35-26-34-30-17-5-9-22-37(30)47-39-24-11-7-20-33(39)40(41(34)47)42(35)48;1-2-14-26-25(12-1)13-11-19-29(26)41-43-34-20-7-3-17-30(34)42(44-41)46-36-22-9-5-16-28(36)33-24-32-27-15-4-8-21-35(27)45-37-23-10-6-18-31(37)38(39(32)45)40(33)46/h1-25H;1-26H;1-24H. The van der Waals surface area contributed by atoms with Gasteiger partial charge < -0.3 is 13.2 Å². The van der Waals surface area contributed by atoms with Gasteiger partial charge in [-0.1, -0.05) is 328 Å². The third-order valence-electron chi connectivity index (χ3n) is 30.4. The highest BCUT2D eigenvalue weighted by atomic mass is 15.2. The summed E-state index contributed by atoms with van der Waals surface area (Å²) in [5.41, 5.74) is 27.3. The average molecular weight is 1820 g/mol. The zero-order chi connectivity index (χ0) is 93.1. The Kier molecular flexibility index (Phi) is 16.0. The molecule has 0 radical (unpaired) electrons. The molecule has 0 aliphatic heterocycles. The summed E-state index contributed by atoms with van der Waals surface area (Å²) >= 11 is 0. The van der Waals surface area contributed by atoms with E-state index in [-0.39, 0.29) is 0 Å². The molecule has 143 heavy (non-hydrogen) atoms. The van der Waals surface area contributed by atoms with Crippen LogP contribution < -0.4 is 0 Å². The molecule has 34 aromatic rings. The largest absolute Gasteiger partial charge is 0.308 e. The number of hydrogen-bond acceptors (Lipinski definition) is 6. The van der Waals surface area contributed by atoms with Crippen molar-refractivity contribution in [3.8, 4) is 57.3 Å². The summed E-state index contributed by atoms with van der Waals surface area (Å²) in [6.07, 6.45) is 0.